The van der Waals surface area contributed by atoms with Gasteiger partial charge in [-0.15, -0.1) is 0 Å². The molecule has 1 saturated carbocycles. The molecule has 5 heteroatoms. The summed E-state index contributed by atoms with van der Waals surface area (Å²) in [5.41, 5.74) is 1.38. The van der Waals surface area contributed by atoms with Crippen LogP contribution < -0.4 is 0 Å². The van der Waals surface area contributed by atoms with Crippen LogP contribution in [0.15, 0.2) is 36.5 Å². The molecule has 1 aliphatic heterocycles. The number of hydrogen-bond donors (Lipinski definition) is 1. The Labute approximate surface area is 140 Å². The molecule has 0 bridgehead atoms. The third-order valence-electron chi connectivity index (χ3n) is 5.46. The normalized spacial score (nSPS) is 26.3. The van der Waals surface area contributed by atoms with Crippen molar-refractivity contribution in [1.29, 1.82) is 0 Å². The molecule has 3 atom stereocenters. The fourth-order valence-corrected chi connectivity index (χ4v) is 4.33. The van der Waals surface area contributed by atoms with Crippen molar-refractivity contribution < 1.29 is 14.7 Å². The topological polar surface area (TPSA) is 70.5 Å². The summed E-state index contributed by atoms with van der Waals surface area (Å²) in [7, 11) is 0. The standard InChI is InChI=1S/C19H20N2O3/c22-18(14-7-8-15-12(10-14)5-3-9-20-15)21-16-6-2-1-4-13(16)11-17(21)19(23)24/h3,5,7-10,13,16-17H,1-2,4,6,11H2,(H,23,24)/t13-,16-,17-/m0/s1. The van der Waals surface area contributed by atoms with E-state index in [1.807, 2.05) is 24.3 Å². The number of carboxylic acid groups (broad SMARTS) is 1. The highest BCUT2D eigenvalue weighted by molar-refractivity contribution is 6.00. The van der Waals surface area contributed by atoms with E-state index in [1.54, 1.807) is 17.2 Å². The van der Waals surface area contributed by atoms with Crippen molar-refractivity contribution in [2.45, 2.75) is 44.2 Å². The Morgan fingerprint density at radius 3 is 2.83 bits per heavy atom. The van der Waals surface area contributed by atoms with Gasteiger partial charge in [0.2, 0.25) is 0 Å². The molecule has 1 saturated heterocycles. The summed E-state index contributed by atoms with van der Waals surface area (Å²) in [5.74, 6) is -0.728. The molecule has 0 radical (unpaired) electrons. The number of aromatic nitrogens is 1. The first kappa shape index (κ1) is 15.1. The molecule has 2 aromatic rings. The van der Waals surface area contributed by atoms with Gasteiger partial charge in [0.05, 0.1) is 5.52 Å². The van der Waals surface area contributed by atoms with Crippen LogP contribution in [0.3, 0.4) is 0 Å². The van der Waals surface area contributed by atoms with Crippen LogP contribution in [-0.2, 0) is 4.79 Å². The highest BCUT2D eigenvalue weighted by Crippen LogP contribution is 2.40. The summed E-state index contributed by atoms with van der Waals surface area (Å²) < 4.78 is 0. The number of amides is 1. The minimum Gasteiger partial charge on any atom is -0.480 e. The van der Waals surface area contributed by atoms with E-state index in [1.165, 1.54) is 0 Å². The lowest BCUT2D eigenvalue weighted by molar-refractivity contribution is -0.141. The van der Waals surface area contributed by atoms with E-state index >= 15 is 0 Å². The lowest BCUT2D eigenvalue weighted by Crippen LogP contribution is -2.46. The van der Waals surface area contributed by atoms with Gasteiger partial charge in [0, 0.05) is 23.2 Å². The van der Waals surface area contributed by atoms with E-state index in [2.05, 4.69) is 4.98 Å². The van der Waals surface area contributed by atoms with Crippen molar-refractivity contribution in [3.63, 3.8) is 0 Å². The second-order valence-electron chi connectivity index (χ2n) is 6.82. The van der Waals surface area contributed by atoms with E-state index in [0.717, 1.165) is 36.6 Å². The average Bonchev–Trinajstić information content (AvgIpc) is 3.00. The summed E-state index contributed by atoms with van der Waals surface area (Å²) in [6, 6.07) is 8.52. The molecule has 24 heavy (non-hydrogen) atoms. The molecule has 1 aromatic heterocycles. The molecule has 1 aliphatic carbocycles. The van der Waals surface area contributed by atoms with Crippen molar-refractivity contribution in [1.82, 2.24) is 9.88 Å². The zero-order valence-corrected chi connectivity index (χ0v) is 13.4. The maximum atomic E-state index is 13.1. The van der Waals surface area contributed by atoms with Crippen LogP contribution >= 0.6 is 0 Å². The van der Waals surface area contributed by atoms with E-state index in [4.69, 9.17) is 0 Å². The highest BCUT2D eigenvalue weighted by Gasteiger charge is 2.47. The number of rotatable bonds is 2. The number of pyridine rings is 1. The largest absolute Gasteiger partial charge is 0.480 e. The van der Waals surface area contributed by atoms with Crippen molar-refractivity contribution in [3.8, 4) is 0 Å². The maximum Gasteiger partial charge on any atom is 0.326 e. The van der Waals surface area contributed by atoms with Crippen LogP contribution in [-0.4, -0.2) is 39.0 Å². The highest BCUT2D eigenvalue weighted by atomic mass is 16.4. The number of hydrogen-bond acceptors (Lipinski definition) is 3. The van der Waals surface area contributed by atoms with Gasteiger partial charge < -0.3 is 10.0 Å². The second-order valence-corrected chi connectivity index (χ2v) is 6.82. The minimum atomic E-state index is -0.889. The first-order valence-corrected chi connectivity index (χ1v) is 8.55. The molecule has 2 aliphatic rings. The van der Waals surface area contributed by atoms with Gasteiger partial charge in [-0.25, -0.2) is 4.79 Å². The van der Waals surface area contributed by atoms with Crippen molar-refractivity contribution in [2.24, 2.45) is 5.92 Å². The molecule has 1 N–H and O–H groups in total. The third kappa shape index (κ3) is 2.44. The van der Waals surface area contributed by atoms with Gasteiger partial charge in [-0.2, -0.15) is 0 Å². The van der Waals surface area contributed by atoms with Gasteiger partial charge in [0.1, 0.15) is 6.04 Å². The Hall–Kier alpha value is -2.43. The second kappa shape index (κ2) is 5.89. The number of fused-ring (bicyclic) bond motifs is 2. The summed E-state index contributed by atoms with van der Waals surface area (Å²) >= 11 is 0. The molecule has 1 aromatic carbocycles. The van der Waals surface area contributed by atoms with Gasteiger partial charge in [0.25, 0.3) is 5.91 Å². The summed E-state index contributed by atoms with van der Waals surface area (Å²) in [4.78, 5) is 30.7. The van der Waals surface area contributed by atoms with E-state index in [9.17, 15) is 14.7 Å². The summed E-state index contributed by atoms with van der Waals surface area (Å²) in [5, 5.41) is 10.5. The van der Waals surface area contributed by atoms with Crippen LogP contribution in [0, 0.1) is 5.92 Å². The van der Waals surface area contributed by atoms with Crippen LogP contribution in [0.1, 0.15) is 42.5 Å². The number of carbonyl (C=O) groups is 2. The monoisotopic (exact) mass is 324 g/mol. The lowest BCUT2D eigenvalue weighted by atomic mass is 9.84. The zero-order valence-electron chi connectivity index (χ0n) is 13.4. The Morgan fingerprint density at radius 2 is 2.00 bits per heavy atom. The smallest absolute Gasteiger partial charge is 0.326 e. The summed E-state index contributed by atoms with van der Waals surface area (Å²) in [6.45, 7) is 0. The van der Waals surface area contributed by atoms with Crippen LogP contribution in [0.2, 0.25) is 0 Å². The lowest BCUT2D eigenvalue weighted by Gasteiger charge is -2.33. The van der Waals surface area contributed by atoms with E-state index < -0.39 is 12.0 Å². The Morgan fingerprint density at radius 1 is 1.17 bits per heavy atom. The Balaban J connectivity index is 1.70. The van der Waals surface area contributed by atoms with Crippen LogP contribution in [0.5, 0.6) is 0 Å². The quantitative estimate of drug-likeness (QED) is 0.921. The first-order valence-electron chi connectivity index (χ1n) is 8.55. The van der Waals surface area contributed by atoms with Gasteiger partial charge in [-0.1, -0.05) is 18.9 Å². The number of aliphatic carboxylic acids is 1. The predicted molar refractivity (Wildman–Crippen MR) is 89.7 cm³/mol. The number of benzene rings is 1. The zero-order chi connectivity index (χ0) is 16.7. The van der Waals surface area contributed by atoms with E-state index in [-0.39, 0.29) is 11.9 Å². The Bertz CT molecular complexity index is 804. The SMILES string of the molecule is O=C(O)[C@@H]1C[C@@H]2CCCC[C@@H]2N1C(=O)c1ccc2ncccc2c1. The first-order chi connectivity index (χ1) is 11.6. The van der Waals surface area contributed by atoms with Crippen LogP contribution in [0.4, 0.5) is 0 Å². The molecule has 0 spiro atoms. The van der Waals surface area contributed by atoms with Crippen molar-refractivity contribution in [2.75, 3.05) is 0 Å². The van der Waals surface area contributed by atoms with Crippen molar-refractivity contribution in [3.05, 3.63) is 42.1 Å². The summed E-state index contributed by atoms with van der Waals surface area (Å²) in [6.07, 6.45) is 6.45. The van der Waals surface area contributed by atoms with E-state index in [0.29, 0.717) is 17.9 Å². The fourth-order valence-electron chi connectivity index (χ4n) is 4.33. The molecule has 4 rings (SSSR count). The molecule has 1 amide bonds. The van der Waals surface area contributed by atoms with Gasteiger partial charge >= 0.3 is 5.97 Å². The maximum absolute atomic E-state index is 13.1. The number of carbonyl (C=O) groups excluding carboxylic acids is 1. The van der Waals surface area contributed by atoms with Gasteiger partial charge in [0.15, 0.2) is 0 Å². The molecule has 2 fully saturated rings. The van der Waals surface area contributed by atoms with Crippen LogP contribution in [0.25, 0.3) is 10.9 Å². The number of likely N-dealkylation sites (tertiary alicyclic amines) is 1. The molecule has 5 nitrogen and oxygen atoms in total. The van der Waals surface area contributed by atoms with Crippen molar-refractivity contribution >= 4 is 22.8 Å². The molecular formula is C19H20N2O3. The number of nitrogens with zero attached hydrogens (tertiary/aromatic N) is 2. The molecular weight excluding hydrogens is 304 g/mol. The van der Waals surface area contributed by atoms with Gasteiger partial charge in [-0.3, -0.25) is 9.78 Å². The predicted octanol–water partition coefficient (Wildman–Crippen LogP) is 3.09. The molecule has 0 unspecified atom stereocenters. The third-order valence-corrected chi connectivity index (χ3v) is 5.46. The fraction of sp³-hybridized carbons (Fsp3) is 0.421. The minimum absolute atomic E-state index is 0.0666. The molecule has 124 valence electrons. The Kier molecular flexibility index (Phi) is 3.71. The molecule has 2 heterocycles. The average molecular weight is 324 g/mol. The number of carboxylic acids is 1. The van der Waals surface area contributed by atoms with Gasteiger partial charge in [-0.05, 0) is 49.4 Å².